The maximum Gasteiger partial charge on any atom is 0.319 e. The molecule has 8 heteroatoms. The molecular formula is C18H15N5O3. The van der Waals surface area contributed by atoms with Crippen LogP contribution in [0.2, 0.25) is 0 Å². The van der Waals surface area contributed by atoms with Gasteiger partial charge in [0.2, 0.25) is 6.79 Å². The lowest BCUT2D eigenvalue weighted by atomic mass is 10.1. The summed E-state index contributed by atoms with van der Waals surface area (Å²) in [5.41, 5.74) is 2.79. The summed E-state index contributed by atoms with van der Waals surface area (Å²) in [5, 5.41) is 5.54. The van der Waals surface area contributed by atoms with Crippen molar-refractivity contribution in [3.05, 3.63) is 60.8 Å². The fourth-order valence-corrected chi connectivity index (χ4v) is 2.55. The van der Waals surface area contributed by atoms with Crippen LogP contribution in [-0.2, 0) is 6.54 Å². The lowest BCUT2D eigenvalue weighted by Gasteiger charge is -2.10. The number of nitrogens with zero attached hydrogens (tertiary/aromatic N) is 3. The van der Waals surface area contributed by atoms with Gasteiger partial charge in [-0.3, -0.25) is 15.0 Å². The monoisotopic (exact) mass is 349 g/mol. The van der Waals surface area contributed by atoms with E-state index in [9.17, 15) is 4.79 Å². The maximum atomic E-state index is 12.2. The van der Waals surface area contributed by atoms with Crippen LogP contribution in [-0.4, -0.2) is 27.8 Å². The molecule has 0 aliphatic carbocycles. The molecule has 4 rings (SSSR count). The second-order valence-corrected chi connectivity index (χ2v) is 5.47. The quantitative estimate of drug-likeness (QED) is 0.751. The first-order valence-electron chi connectivity index (χ1n) is 7.94. The van der Waals surface area contributed by atoms with E-state index in [2.05, 4.69) is 25.6 Å². The van der Waals surface area contributed by atoms with Gasteiger partial charge in [0.25, 0.3) is 0 Å². The number of pyridine rings is 1. The number of benzene rings is 1. The molecule has 3 aromatic rings. The average molecular weight is 349 g/mol. The first-order chi connectivity index (χ1) is 12.8. The van der Waals surface area contributed by atoms with E-state index in [0.29, 0.717) is 28.6 Å². The zero-order valence-electron chi connectivity index (χ0n) is 13.7. The summed E-state index contributed by atoms with van der Waals surface area (Å²) >= 11 is 0. The smallest absolute Gasteiger partial charge is 0.319 e. The number of hydrogen-bond donors (Lipinski definition) is 2. The van der Waals surface area contributed by atoms with Crippen molar-refractivity contribution in [3.8, 4) is 22.8 Å². The van der Waals surface area contributed by atoms with Gasteiger partial charge in [0.1, 0.15) is 0 Å². The van der Waals surface area contributed by atoms with Gasteiger partial charge in [-0.2, -0.15) is 0 Å². The third-order valence-corrected chi connectivity index (χ3v) is 3.76. The number of urea groups is 1. The molecule has 1 aliphatic rings. The topological polar surface area (TPSA) is 98.3 Å². The number of hydrogen-bond acceptors (Lipinski definition) is 6. The number of anilines is 1. The van der Waals surface area contributed by atoms with Crippen molar-refractivity contribution in [2.24, 2.45) is 0 Å². The minimum atomic E-state index is -0.355. The normalized spacial score (nSPS) is 11.8. The zero-order chi connectivity index (χ0) is 17.8. The van der Waals surface area contributed by atoms with E-state index in [-0.39, 0.29) is 19.4 Å². The van der Waals surface area contributed by atoms with Gasteiger partial charge in [0.05, 0.1) is 17.9 Å². The first kappa shape index (κ1) is 15.8. The Morgan fingerprint density at radius 2 is 1.96 bits per heavy atom. The van der Waals surface area contributed by atoms with Gasteiger partial charge in [0.15, 0.2) is 11.5 Å². The van der Waals surface area contributed by atoms with Crippen molar-refractivity contribution in [3.63, 3.8) is 0 Å². The Bertz CT molecular complexity index is 933. The Morgan fingerprint density at radius 3 is 2.85 bits per heavy atom. The highest BCUT2D eigenvalue weighted by atomic mass is 16.7. The number of fused-ring (bicyclic) bond motifs is 1. The Labute approximate surface area is 149 Å². The fraction of sp³-hybridized carbons (Fsp3) is 0.111. The van der Waals surface area contributed by atoms with Gasteiger partial charge >= 0.3 is 6.03 Å². The number of rotatable bonds is 4. The molecule has 8 nitrogen and oxygen atoms in total. The molecule has 0 spiro atoms. The first-order valence-corrected chi connectivity index (χ1v) is 7.94. The highest BCUT2D eigenvalue weighted by Gasteiger charge is 2.14. The van der Waals surface area contributed by atoms with E-state index in [1.54, 1.807) is 43.0 Å². The third kappa shape index (κ3) is 3.39. The van der Waals surface area contributed by atoms with Crippen molar-refractivity contribution in [1.29, 1.82) is 0 Å². The summed E-state index contributed by atoms with van der Waals surface area (Å²) in [7, 11) is 0. The molecule has 0 saturated carbocycles. The van der Waals surface area contributed by atoms with Gasteiger partial charge in [-0.15, -0.1) is 0 Å². The molecule has 0 bridgehead atoms. The second-order valence-electron chi connectivity index (χ2n) is 5.47. The van der Waals surface area contributed by atoms with Gasteiger partial charge in [0, 0.05) is 42.1 Å². The Morgan fingerprint density at radius 1 is 1.08 bits per heavy atom. The molecule has 130 valence electrons. The number of ether oxygens (including phenoxy) is 2. The van der Waals surface area contributed by atoms with Gasteiger partial charge in [-0.1, -0.05) is 0 Å². The highest BCUT2D eigenvalue weighted by Crippen LogP contribution is 2.34. The van der Waals surface area contributed by atoms with E-state index < -0.39 is 0 Å². The number of amides is 2. The molecule has 2 N–H and O–H groups in total. The second kappa shape index (κ2) is 7.06. The van der Waals surface area contributed by atoms with E-state index in [1.165, 1.54) is 0 Å². The minimum Gasteiger partial charge on any atom is -0.454 e. The van der Waals surface area contributed by atoms with Crippen molar-refractivity contribution in [1.82, 2.24) is 20.3 Å². The number of carbonyl (C=O) groups is 1. The maximum absolute atomic E-state index is 12.2. The molecule has 0 radical (unpaired) electrons. The minimum absolute atomic E-state index is 0.189. The molecule has 1 aromatic carbocycles. The van der Waals surface area contributed by atoms with Crippen LogP contribution >= 0.6 is 0 Å². The van der Waals surface area contributed by atoms with Crippen LogP contribution in [0.25, 0.3) is 11.3 Å². The van der Waals surface area contributed by atoms with E-state index in [1.807, 2.05) is 12.1 Å². The van der Waals surface area contributed by atoms with Crippen molar-refractivity contribution < 1.29 is 14.3 Å². The molecule has 0 atom stereocenters. The Kier molecular flexibility index (Phi) is 4.29. The molecule has 3 heterocycles. The summed E-state index contributed by atoms with van der Waals surface area (Å²) in [5.74, 6) is 1.27. The summed E-state index contributed by atoms with van der Waals surface area (Å²) in [4.78, 5) is 24.9. The van der Waals surface area contributed by atoms with E-state index >= 15 is 0 Å². The Hall–Kier alpha value is -3.68. The lowest BCUT2D eigenvalue weighted by molar-refractivity contribution is 0.174. The van der Waals surface area contributed by atoms with Crippen molar-refractivity contribution in [2.45, 2.75) is 6.54 Å². The van der Waals surface area contributed by atoms with Crippen LogP contribution in [0.1, 0.15) is 5.69 Å². The van der Waals surface area contributed by atoms with Crippen molar-refractivity contribution >= 4 is 11.7 Å². The molecule has 0 saturated heterocycles. The third-order valence-electron chi connectivity index (χ3n) is 3.76. The molecular weight excluding hydrogens is 334 g/mol. The number of carbonyl (C=O) groups excluding carboxylic acids is 1. The largest absolute Gasteiger partial charge is 0.454 e. The van der Waals surface area contributed by atoms with E-state index in [4.69, 9.17) is 9.47 Å². The number of nitrogens with one attached hydrogen (secondary N) is 2. The van der Waals surface area contributed by atoms with Gasteiger partial charge < -0.3 is 20.1 Å². The summed E-state index contributed by atoms with van der Waals surface area (Å²) in [6, 6.07) is 8.58. The number of aromatic nitrogens is 3. The van der Waals surface area contributed by atoms with Gasteiger partial charge in [-0.05, 0) is 24.3 Å². The molecule has 2 aromatic heterocycles. The fourth-order valence-electron chi connectivity index (χ4n) is 2.55. The SMILES string of the molecule is O=C(NCc1nccnc1-c1cccnc1)Nc1ccc2c(c1)OCO2. The summed E-state index contributed by atoms with van der Waals surface area (Å²) < 4.78 is 10.5. The van der Waals surface area contributed by atoms with Gasteiger partial charge in [-0.25, -0.2) is 4.79 Å². The summed E-state index contributed by atoms with van der Waals surface area (Å²) in [6.07, 6.45) is 6.60. The Balaban J connectivity index is 1.42. The van der Waals surface area contributed by atoms with Crippen molar-refractivity contribution in [2.75, 3.05) is 12.1 Å². The predicted octanol–water partition coefficient (Wildman–Crippen LogP) is 2.59. The van der Waals surface area contributed by atoms with Crippen LogP contribution in [0.15, 0.2) is 55.1 Å². The molecule has 0 unspecified atom stereocenters. The molecule has 1 aliphatic heterocycles. The standard InChI is InChI=1S/C18H15N5O3/c24-18(23-13-3-4-15-16(8-13)26-11-25-15)22-10-14-17(21-7-6-20-14)12-2-1-5-19-9-12/h1-9H,10-11H2,(H2,22,23,24). The van der Waals surface area contributed by atoms with E-state index in [0.717, 1.165) is 5.56 Å². The van der Waals surface area contributed by atoms with Crippen LogP contribution in [0.4, 0.5) is 10.5 Å². The zero-order valence-corrected chi connectivity index (χ0v) is 13.7. The summed E-state index contributed by atoms with van der Waals surface area (Å²) in [6.45, 7) is 0.420. The van der Waals surface area contributed by atoms with Crippen LogP contribution in [0, 0.1) is 0 Å². The molecule has 2 amide bonds. The average Bonchev–Trinajstić information content (AvgIpc) is 3.15. The molecule has 0 fully saturated rings. The van der Waals surface area contributed by atoms with Crippen LogP contribution in [0.3, 0.4) is 0 Å². The molecule has 26 heavy (non-hydrogen) atoms. The van der Waals surface area contributed by atoms with Crippen LogP contribution in [0.5, 0.6) is 11.5 Å². The lowest BCUT2D eigenvalue weighted by Crippen LogP contribution is -2.28. The predicted molar refractivity (Wildman–Crippen MR) is 93.7 cm³/mol. The highest BCUT2D eigenvalue weighted by molar-refractivity contribution is 5.89. The van der Waals surface area contributed by atoms with Crippen LogP contribution < -0.4 is 20.1 Å².